The Kier molecular flexibility index (Phi) is 4.98. The van der Waals surface area contributed by atoms with Gasteiger partial charge in [-0.1, -0.05) is 11.6 Å². The molecule has 0 unspecified atom stereocenters. The quantitative estimate of drug-likeness (QED) is 0.761. The molecule has 28 heavy (non-hydrogen) atoms. The van der Waals surface area contributed by atoms with Crippen molar-refractivity contribution in [1.29, 1.82) is 0 Å². The Morgan fingerprint density at radius 3 is 2.68 bits per heavy atom. The Balaban J connectivity index is 1.96. The standard InChI is InChI=1S/C16H16ClFN6O3S/c1-16(8-28(26,27)24(2)15(19)23-16)13-10(18)4-6-12(21-13)22-14(25)11-5-3-9(17)7-20-11/h3-7H,8H2,1-2H3,(H2,19,23)(H,21,22,25)/t16-/m0/s1. The van der Waals surface area contributed by atoms with Crippen molar-refractivity contribution in [3.8, 4) is 0 Å². The molecule has 0 saturated heterocycles. The van der Waals surface area contributed by atoms with Gasteiger partial charge in [-0.2, -0.15) is 0 Å². The van der Waals surface area contributed by atoms with Gasteiger partial charge in [-0.25, -0.2) is 32.1 Å². The van der Waals surface area contributed by atoms with Crippen molar-refractivity contribution in [3.05, 3.63) is 52.7 Å². The molecule has 9 nitrogen and oxygen atoms in total. The van der Waals surface area contributed by atoms with E-state index in [0.29, 0.717) is 5.02 Å². The fourth-order valence-electron chi connectivity index (χ4n) is 2.65. The molecule has 1 atom stereocenters. The van der Waals surface area contributed by atoms with E-state index in [9.17, 15) is 17.6 Å². The zero-order valence-corrected chi connectivity index (χ0v) is 16.4. The first-order chi connectivity index (χ1) is 13.0. The van der Waals surface area contributed by atoms with Crippen LogP contribution in [0.5, 0.6) is 0 Å². The van der Waals surface area contributed by atoms with Crippen molar-refractivity contribution in [1.82, 2.24) is 14.3 Å². The average Bonchev–Trinajstić information content (AvgIpc) is 2.61. The van der Waals surface area contributed by atoms with Crippen LogP contribution in [0.2, 0.25) is 5.02 Å². The molecule has 2 aromatic heterocycles. The molecule has 0 spiro atoms. The predicted molar refractivity (Wildman–Crippen MR) is 102 cm³/mol. The summed E-state index contributed by atoms with van der Waals surface area (Å²) in [6.07, 6.45) is 1.31. The van der Waals surface area contributed by atoms with Gasteiger partial charge in [0.1, 0.15) is 34.3 Å². The first-order valence-electron chi connectivity index (χ1n) is 7.94. The molecule has 2 aromatic rings. The molecule has 0 fully saturated rings. The second kappa shape index (κ2) is 6.99. The normalized spacial score (nSPS) is 21.1. The summed E-state index contributed by atoms with van der Waals surface area (Å²) >= 11 is 5.74. The highest BCUT2D eigenvalue weighted by Gasteiger charge is 2.43. The number of rotatable bonds is 3. The number of sulfonamides is 1. The van der Waals surface area contributed by atoms with Gasteiger partial charge >= 0.3 is 0 Å². The zero-order valence-electron chi connectivity index (χ0n) is 14.8. The molecule has 0 radical (unpaired) electrons. The van der Waals surface area contributed by atoms with E-state index in [4.69, 9.17) is 17.3 Å². The van der Waals surface area contributed by atoms with Gasteiger partial charge in [-0.3, -0.25) is 4.79 Å². The topological polar surface area (TPSA) is 131 Å². The van der Waals surface area contributed by atoms with Gasteiger partial charge in [0.05, 0.1) is 5.02 Å². The zero-order chi connectivity index (χ0) is 20.7. The van der Waals surface area contributed by atoms with E-state index in [0.717, 1.165) is 10.4 Å². The molecular formula is C16H16ClFN6O3S. The van der Waals surface area contributed by atoms with Crippen molar-refractivity contribution in [2.24, 2.45) is 10.7 Å². The number of amides is 1. The lowest BCUT2D eigenvalue weighted by Crippen LogP contribution is -2.50. The van der Waals surface area contributed by atoms with Gasteiger partial charge in [-0.05, 0) is 31.2 Å². The van der Waals surface area contributed by atoms with Crippen LogP contribution in [-0.2, 0) is 15.6 Å². The van der Waals surface area contributed by atoms with E-state index < -0.39 is 33.0 Å². The molecule has 0 bridgehead atoms. The van der Waals surface area contributed by atoms with Crippen LogP contribution in [-0.4, -0.2) is 47.4 Å². The first kappa shape index (κ1) is 20.0. The fourth-order valence-corrected chi connectivity index (χ4v) is 4.19. The summed E-state index contributed by atoms with van der Waals surface area (Å²) in [7, 11) is -2.55. The van der Waals surface area contributed by atoms with Crippen LogP contribution < -0.4 is 11.1 Å². The van der Waals surface area contributed by atoms with E-state index >= 15 is 0 Å². The third-order valence-corrected chi connectivity index (χ3v) is 6.29. The van der Waals surface area contributed by atoms with E-state index in [1.54, 1.807) is 0 Å². The van der Waals surface area contributed by atoms with E-state index in [-0.39, 0.29) is 23.2 Å². The number of hydrogen-bond acceptors (Lipinski definition) is 7. The number of nitrogens with zero attached hydrogens (tertiary/aromatic N) is 4. The highest BCUT2D eigenvalue weighted by atomic mass is 35.5. The maximum absolute atomic E-state index is 14.5. The second-order valence-corrected chi connectivity index (χ2v) is 8.75. The number of guanidine groups is 1. The minimum Gasteiger partial charge on any atom is -0.369 e. The Morgan fingerprint density at radius 2 is 2.07 bits per heavy atom. The van der Waals surface area contributed by atoms with Crippen molar-refractivity contribution < 1.29 is 17.6 Å². The van der Waals surface area contributed by atoms with Gasteiger partial charge in [0.15, 0.2) is 0 Å². The number of anilines is 1. The molecule has 1 aliphatic heterocycles. The monoisotopic (exact) mass is 426 g/mol. The lowest BCUT2D eigenvalue weighted by molar-refractivity contribution is 0.102. The molecule has 148 valence electrons. The minimum absolute atomic E-state index is 0.00414. The number of halogens is 2. The molecule has 0 aromatic carbocycles. The number of carbonyl (C=O) groups is 1. The highest BCUT2D eigenvalue weighted by molar-refractivity contribution is 7.89. The van der Waals surface area contributed by atoms with Gasteiger partial charge in [0, 0.05) is 13.2 Å². The van der Waals surface area contributed by atoms with Crippen LogP contribution in [0.15, 0.2) is 35.5 Å². The van der Waals surface area contributed by atoms with Crippen LogP contribution in [0, 0.1) is 5.82 Å². The summed E-state index contributed by atoms with van der Waals surface area (Å²) in [5, 5.41) is 2.85. The van der Waals surface area contributed by atoms with Gasteiger partial charge in [-0.15, -0.1) is 0 Å². The van der Waals surface area contributed by atoms with Crippen LogP contribution in [0.1, 0.15) is 23.1 Å². The molecule has 12 heteroatoms. The van der Waals surface area contributed by atoms with Gasteiger partial charge in [0.25, 0.3) is 5.91 Å². The molecule has 0 saturated carbocycles. The molecule has 0 aliphatic carbocycles. The molecule has 1 amide bonds. The van der Waals surface area contributed by atoms with Crippen molar-refractivity contribution in [2.75, 3.05) is 18.1 Å². The van der Waals surface area contributed by atoms with Crippen molar-refractivity contribution in [2.45, 2.75) is 12.5 Å². The Morgan fingerprint density at radius 1 is 1.36 bits per heavy atom. The Hall–Kier alpha value is -2.79. The number of hydrogen-bond donors (Lipinski definition) is 2. The SMILES string of the molecule is CN1C(N)=N[C@](C)(c2nc(NC(=O)c3ccc(Cl)cn3)ccc2F)CS1(=O)=O. The molecule has 3 N–H and O–H groups in total. The molecule has 3 heterocycles. The van der Waals surface area contributed by atoms with Crippen molar-refractivity contribution >= 4 is 39.3 Å². The lowest BCUT2D eigenvalue weighted by atomic mass is 10.00. The molecule has 1 aliphatic rings. The Labute approximate surface area is 165 Å². The van der Waals surface area contributed by atoms with Gasteiger partial charge < -0.3 is 11.1 Å². The van der Waals surface area contributed by atoms with E-state index in [2.05, 4.69) is 20.3 Å². The maximum atomic E-state index is 14.5. The number of aliphatic imine (C=N–C) groups is 1. The summed E-state index contributed by atoms with van der Waals surface area (Å²) in [4.78, 5) is 24.3. The lowest BCUT2D eigenvalue weighted by Gasteiger charge is -2.33. The Bertz CT molecular complexity index is 1080. The number of aromatic nitrogens is 2. The van der Waals surface area contributed by atoms with Crippen LogP contribution in [0.25, 0.3) is 0 Å². The number of nitrogens with one attached hydrogen (secondary N) is 1. The first-order valence-corrected chi connectivity index (χ1v) is 9.92. The van der Waals surface area contributed by atoms with Crippen molar-refractivity contribution in [3.63, 3.8) is 0 Å². The number of nitrogens with two attached hydrogens (primary N) is 1. The van der Waals surface area contributed by atoms with E-state index in [1.165, 1.54) is 38.4 Å². The smallest absolute Gasteiger partial charge is 0.275 e. The third-order valence-electron chi connectivity index (χ3n) is 4.12. The third kappa shape index (κ3) is 3.76. The molecule has 3 rings (SSSR count). The minimum atomic E-state index is -3.81. The average molecular weight is 427 g/mol. The predicted octanol–water partition coefficient (Wildman–Crippen LogP) is 1.33. The number of carbonyl (C=O) groups excluding carboxylic acids is 1. The largest absolute Gasteiger partial charge is 0.369 e. The summed E-state index contributed by atoms with van der Waals surface area (Å²) in [6, 6.07) is 5.22. The van der Waals surface area contributed by atoms with Crippen LogP contribution in [0.3, 0.4) is 0 Å². The summed E-state index contributed by atoms with van der Waals surface area (Å²) in [5.41, 5.74) is 3.95. The summed E-state index contributed by atoms with van der Waals surface area (Å²) in [5.74, 6) is -2.18. The number of pyridine rings is 2. The fraction of sp³-hybridized carbons (Fsp3) is 0.250. The maximum Gasteiger partial charge on any atom is 0.275 e. The highest BCUT2D eigenvalue weighted by Crippen LogP contribution is 2.32. The second-order valence-electron chi connectivity index (χ2n) is 6.31. The van der Waals surface area contributed by atoms with Crippen LogP contribution >= 0.6 is 11.6 Å². The van der Waals surface area contributed by atoms with Gasteiger partial charge in [0.2, 0.25) is 16.0 Å². The van der Waals surface area contributed by atoms with E-state index in [1.807, 2.05) is 0 Å². The molecular weight excluding hydrogens is 411 g/mol. The van der Waals surface area contributed by atoms with Crippen LogP contribution in [0.4, 0.5) is 10.2 Å². The summed E-state index contributed by atoms with van der Waals surface area (Å²) < 4.78 is 39.9. The summed E-state index contributed by atoms with van der Waals surface area (Å²) in [6.45, 7) is 1.40.